The zero-order chi connectivity index (χ0) is 26.2. The number of fused-ring (bicyclic) bond motifs is 1. The van der Waals surface area contributed by atoms with E-state index >= 15 is 0 Å². The van der Waals surface area contributed by atoms with Gasteiger partial charge < -0.3 is 19.7 Å². The Labute approximate surface area is 215 Å². The van der Waals surface area contributed by atoms with Crippen LogP contribution in [0.3, 0.4) is 0 Å². The molecule has 198 valence electrons. The molecule has 6 rings (SSSR count). The van der Waals surface area contributed by atoms with E-state index < -0.39 is 11.9 Å². The van der Waals surface area contributed by atoms with Crippen LogP contribution >= 0.6 is 0 Å². The van der Waals surface area contributed by atoms with Gasteiger partial charge in [-0.15, -0.1) is 0 Å². The summed E-state index contributed by atoms with van der Waals surface area (Å²) in [6.07, 6.45) is 5.06. The number of carboxylic acid groups (broad SMARTS) is 1. The Morgan fingerprint density at radius 3 is 2.49 bits per heavy atom. The molecular formula is C28H34F2N4O3. The fourth-order valence-electron chi connectivity index (χ4n) is 5.85. The highest BCUT2D eigenvalue weighted by molar-refractivity contribution is 5.88. The van der Waals surface area contributed by atoms with Crippen molar-refractivity contribution in [1.82, 2.24) is 14.9 Å². The molecule has 2 N–H and O–H groups in total. The van der Waals surface area contributed by atoms with Gasteiger partial charge in [0, 0.05) is 55.1 Å². The second kappa shape index (κ2) is 9.93. The fraction of sp³-hybridized carbons (Fsp3) is 0.500. The number of halogens is 2. The molecule has 0 atom stereocenters. The van der Waals surface area contributed by atoms with Gasteiger partial charge in [-0.3, -0.25) is 4.90 Å². The SMILES string of the molecule is COc1cc(C)c2[nH]ccc2c1CN1CCC2(CC1)CC(F)(F)C2.O=C(O)c1cccc(N2CCC2)n1. The van der Waals surface area contributed by atoms with Crippen molar-refractivity contribution in [3.8, 4) is 5.75 Å². The predicted octanol–water partition coefficient (Wildman–Crippen LogP) is 5.49. The Balaban J connectivity index is 0.000000182. The molecule has 1 spiro atoms. The number of aromatic amines is 1. The number of nitrogens with one attached hydrogen (secondary N) is 1. The van der Waals surface area contributed by atoms with Gasteiger partial charge in [0.2, 0.25) is 5.92 Å². The number of carboxylic acids is 1. The lowest BCUT2D eigenvalue weighted by Crippen LogP contribution is -2.52. The second-order valence-corrected chi connectivity index (χ2v) is 10.7. The van der Waals surface area contributed by atoms with E-state index in [4.69, 9.17) is 9.84 Å². The molecule has 0 radical (unpaired) electrons. The number of aryl methyl sites for hydroxylation is 1. The molecule has 1 saturated carbocycles. The number of rotatable bonds is 5. The van der Waals surface area contributed by atoms with Crippen LogP contribution in [0, 0.1) is 12.3 Å². The van der Waals surface area contributed by atoms with Gasteiger partial charge in [-0.2, -0.15) is 0 Å². The van der Waals surface area contributed by atoms with E-state index in [1.165, 1.54) is 29.0 Å². The van der Waals surface area contributed by atoms with Crippen LogP contribution in [-0.4, -0.2) is 65.2 Å². The summed E-state index contributed by atoms with van der Waals surface area (Å²) in [6, 6.07) is 9.24. The van der Waals surface area contributed by atoms with Gasteiger partial charge in [-0.1, -0.05) is 6.07 Å². The number of aromatic carboxylic acids is 1. The van der Waals surface area contributed by atoms with Gasteiger partial charge in [0.05, 0.1) is 7.11 Å². The summed E-state index contributed by atoms with van der Waals surface area (Å²) in [4.78, 5) is 22.4. The van der Waals surface area contributed by atoms with E-state index in [1.807, 2.05) is 12.3 Å². The molecule has 0 bridgehead atoms. The van der Waals surface area contributed by atoms with Gasteiger partial charge in [-0.05, 0) is 74.5 Å². The Kier molecular flexibility index (Phi) is 6.83. The lowest BCUT2D eigenvalue weighted by Gasteiger charge is -2.51. The maximum atomic E-state index is 13.3. The number of ether oxygens (including phenoxy) is 1. The van der Waals surface area contributed by atoms with Crippen LogP contribution in [0.2, 0.25) is 0 Å². The van der Waals surface area contributed by atoms with Crippen molar-refractivity contribution in [2.24, 2.45) is 5.41 Å². The van der Waals surface area contributed by atoms with Crippen LogP contribution < -0.4 is 9.64 Å². The van der Waals surface area contributed by atoms with Gasteiger partial charge in [0.1, 0.15) is 11.6 Å². The van der Waals surface area contributed by atoms with Gasteiger partial charge in [-0.25, -0.2) is 18.6 Å². The zero-order valence-corrected chi connectivity index (χ0v) is 21.4. The molecule has 2 saturated heterocycles. The molecule has 1 aromatic carbocycles. The zero-order valence-electron chi connectivity index (χ0n) is 21.4. The summed E-state index contributed by atoms with van der Waals surface area (Å²) in [6.45, 7) is 6.63. The predicted molar refractivity (Wildman–Crippen MR) is 139 cm³/mol. The quantitative estimate of drug-likeness (QED) is 0.471. The smallest absolute Gasteiger partial charge is 0.354 e. The van der Waals surface area contributed by atoms with Crippen molar-refractivity contribution in [1.29, 1.82) is 0 Å². The number of H-pyrrole nitrogens is 1. The summed E-state index contributed by atoms with van der Waals surface area (Å²) in [5.41, 5.74) is 3.53. The molecule has 4 heterocycles. The maximum Gasteiger partial charge on any atom is 0.354 e. The Morgan fingerprint density at radius 1 is 1.16 bits per heavy atom. The second-order valence-electron chi connectivity index (χ2n) is 10.7. The van der Waals surface area contributed by atoms with Crippen LogP contribution in [0.1, 0.15) is 53.7 Å². The van der Waals surface area contributed by atoms with Crippen LogP contribution in [0.15, 0.2) is 36.5 Å². The number of likely N-dealkylation sites (tertiary alicyclic amines) is 1. The van der Waals surface area contributed by atoms with E-state index in [0.717, 1.165) is 62.6 Å². The third-order valence-corrected chi connectivity index (χ3v) is 8.03. The van der Waals surface area contributed by atoms with Crippen molar-refractivity contribution < 1.29 is 23.4 Å². The van der Waals surface area contributed by atoms with Crippen molar-refractivity contribution in [3.05, 3.63) is 53.3 Å². The minimum absolute atomic E-state index is 0.0871. The Hall–Kier alpha value is -3.20. The van der Waals surface area contributed by atoms with Crippen LogP contribution in [-0.2, 0) is 6.54 Å². The highest BCUT2D eigenvalue weighted by Gasteiger charge is 2.56. The first-order valence-electron chi connectivity index (χ1n) is 12.9. The van der Waals surface area contributed by atoms with E-state index in [9.17, 15) is 13.6 Å². The average Bonchev–Trinajstić information content (AvgIpc) is 3.31. The number of methoxy groups -OCH3 is 1. The minimum atomic E-state index is -2.42. The number of carbonyl (C=O) groups is 1. The third kappa shape index (κ3) is 5.28. The topological polar surface area (TPSA) is 81.7 Å². The summed E-state index contributed by atoms with van der Waals surface area (Å²) in [5.74, 6) is -1.71. The molecule has 0 amide bonds. The number of piperidine rings is 1. The van der Waals surface area contributed by atoms with Crippen LogP contribution in [0.25, 0.3) is 10.9 Å². The van der Waals surface area contributed by atoms with E-state index in [1.54, 1.807) is 13.2 Å². The number of hydrogen-bond acceptors (Lipinski definition) is 5. The Bertz CT molecular complexity index is 1270. The van der Waals surface area contributed by atoms with Crippen LogP contribution in [0.4, 0.5) is 14.6 Å². The third-order valence-electron chi connectivity index (χ3n) is 8.03. The molecule has 1 aliphatic carbocycles. The molecular weight excluding hydrogens is 478 g/mol. The first-order valence-corrected chi connectivity index (χ1v) is 12.9. The lowest BCUT2D eigenvalue weighted by molar-refractivity contribution is -0.178. The van der Waals surface area contributed by atoms with E-state index in [0.29, 0.717) is 0 Å². The van der Waals surface area contributed by atoms with Gasteiger partial charge in [0.15, 0.2) is 5.69 Å². The number of pyridine rings is 1. The molecule has 3 aromatic rings. The first-order chi connectivity index (χ1) is 17.7. The molecule has 0 unspecified atom stereocenters. The summed E-state index contributed by atoms with van der Waals surface area (Å²) < 4.78 is 32.1. The molecule has 2 aliphatic heterocycles. The summed E-state index contributed by atoms with van der Waals surface area (Å²) in [7, 11) is 1.71. The number of benzene rings is 1. The molecule has 7 nitrogen and oxygen atoms in total. The number of nitrogens with zero attached hydrogens (tertiary/aromatic N) is 3. The number of aromatic nitrogens is 2. The number of alkyl halides is 2. The molecule has 2 aromatic heterocycles. The number of anilines is 1. The normalized spacial score (nSPS) is 20.1. The van der Waals surface area contributed by atoms with Crippen molar-refractivity contribution >= 4 is 22.7 Å². The Morgan fingerprint density at radius 2 is 1.89 bits per heavy atom. The average molecular weight is 513 g/mol. The standard InChI is InChI=1S/C19H24F2N2O.C9H10N2O2/c1-13-9-16(24-2)15(14-3-6-22-17(13)14)10-23-7-4-18(5-8-23)11-19(20,21)12-18;12-9(13)7-3-1-4-8(10-7)11-5-2-6-11/h3,6,9,22H,4-5,7-8,10-12H2,1-2H3;1,3-4H,2,5-6H2,(H,12,13). The maximum absolute atomic E-state index is 13.3. The van der Waals surface area contributed by atoms with Crippen LogP contribution in [0.5, 0.6) is 5.75 Å². The highest BCUT2D eigenvalue weighted by Crippen LogP contribution is 2.57. The van der Waals surface area contributed by atoms with Crippen molar-refractivity contribution in [2.45, 2.75) is 51.5 Å². The summed E-state index contributed by atoms with van der Waals surface area (Å²) in [5, 5.41) is 9.90. The van der Waals surface area contributed by atoms with Gasteiger partial charge in [0.25, 0.3) is 0 Å². The van der Waals surface area contributed by atoms with Crippen molar-refractivity contribution in [2.75, 3.05) is 38.2 Å². The van der Waals surface area contributed by atoms with Gasteiger partial charge >= 0.3 is 5.97 Å². The molecule has 9 heteroatoms. The first kappa shape index (κ1) is 25.4. The number of hydrogen-bond donors (Lipinski definition) is 2. The molecule has 37 heavy (non-hydrogen) atoms. The van der Waals surface area contributed by atoms with Crippen molar-refractivity contribution in [3.63, 3.8) is 0 Å². The summed E-state index contributed by atoms with van der Waals surface area (Å²) >= 11 is 0. The molecule has 3 aliphatic rings. The fourth-order valence-corrected chi connectivity index (χ4v) is 5.85. The van der Waals surface area contributed by atoms with E-state index in [2.05, 4.69) is 38.8 Å². The minimum Gasteiger partial charge on any atom is -0.496 e. The largest absolute Gasteiger partial charge is 0.496 e. The lowest BCUT2D eigenvalue weighted by atomic mass is 9.61. The molecule has 3 fully saturated rings. The highest BCUT2D eigenvalue weighted by atomic mass is 19.3. The van der Waals surface area contributed by atoms with E-state index in [-0.39, 0.29) is 24.0 Å². The monoisotopic (exact) mass is 512 g/mol.